The van der Waals surface area contributed by atoms with Crippen molar-refractivity contribution >= 4 is 29.4 Å². The quantitative estimate of drug-likeness (QED) is 0.269. The van der Waals surface area contributed by atoms with Crippen LogP contribution in [0.3, 0.4) is 0 Å². The average molecular weight is 583 g/mol. The monoisotopic (exact) mass is 582 g/mol. The predicted molar refractivity (Wildman–Crippen MR) is 160 cm³/mol. The minimum atomic E-state index is -0.630. The molecule has 1 aliphatic heterocycles. The lowest BCUT2D eigenvalue weighted by Gasteiger charge is -2.25. The normalized spacial score (nSPS) is 14.6. The summed E-state index contributed by atoms with van der Waals surface area (Å²) in [6.45, 7) is 4.37. The zero-order chi connectivity index (χ0) is 29.6. The van der Waals surface area contributed by atoms with Crippen LogP contribution in [0.25, 0.3) is 6.08 Å². The lowest BCUT2D eigenvalue weighted by atomic mass is 9.95. The van der Waals surface area contributed by atoms with Gasteiger partial charge in [0.05, 0.1) is 41.1 Å². The first-order valence-corrected chi connectivity index (χ1v) is 14.4. The maximum absolute atomic E-state index is 13.7. The highest BCUT2D eigenvalue weighted by Crippen LogP contribution is 2.31. The Morgan fingerprint density at radius 2 is 1.67 bits per heavy atom. The van der Waals surface area contributed by atoms with Crippen LogP contribution in [0.4, 0.5) is 0 Å². The van der Waals surface area contributed by atoms with Crippen LogP contribution in [0.1, 0.15) is 53.4 Å². The van der Waals surface area contributed by atoms with E-state index in [4.69, 9.17) is 19.2 Å². The van der Waals surface area contributed by atoms with Crippen LogP contribution in [0.5, 0.6) is 5.75 Å². The Balaban J connectivity index is 1.40. The Bertz CT molecular complexity index is 1800. The highest BCUT2D eigenvalue weighted by atomic mass is 32.1. The molecule has 0 amide bonds. The molecule has 1 aliphatic rings. The molecular formula is C33H30N2O6S. The number of hydrogen-bond donors (Lipinski definition) is 0. The number of ether oxygens (including phenoxy) is 3. The van der Waals surface area contributed by atoms with Gasteiger partial charge in [-0.3, -0.25) is 9.36 Å². The van der Waals surface area contributed by atoms with E-state index in [0.717, 1.165) is 16.7 Å². The number of esters is 2. The van der Waals surface area contributed by atoms with E-state index in [2.05, 4.69) is 0 Å². The minimum Gasteiger partial charge on any atom is -0.489 e. The van der Waals surface area contributed by atoms with Crippen LogP contribution in [0.2, 0.25) is 0 Å². The third-order valence-electron chi connectivity index (χ3n) is 6.81. The van der Waals surface area contributed by atoms with Gasteiger partial charge in [-0.1, -0.05) is 72.9 Å². The first kappa shape index (κ1) is 28.8. The van der Waals surface area contributed by atoms with Gasteiger partial charge in [-0.2, -0.15) is 0 Å². The number of nitrogens with zero attached hydrogens (tertiary/aromatic N) is 2. The number of thiazole rings is 1. The van der Waals surface area contributed by atoms with Gasteiger partial charge in [0, 0.05) is 0 Å². The van der Waals surface area contributed by atoms with E-state index in [1.165, 1.54) is 18.4 Å². The SMILES string of the molecule is CCOC(=O)c1ccc(COc2ccc(/C=c3/sc4n(c3=O)[C@@H](c3ccccc3)C(C(=O)OC)=C(CC)N=4)cc2)cc1. The second-order valence-electron chi connectivity index (χ2n) is 9.47. The van der Waals surface area contributed by atoms with Crippen LogP contribution >= 0.6 is 11.3 Å². The molecule has 8 nitrogen and oxygen atoms in total. The van der Waals surface area contributed by atoms with Gasteiger partial charge in [0.15, 0.2) is 4.80 Å². The number of benzene rings is 3. The Morgan fingerprint density at radius 3 is 2.31 bits per heavy atom. The van der Waals surface area contributed by atoms with Gasteiger partial charge in [-0.15, -0.1) is 0 Å². The van der Waals surface area contributed by atoms with E-state index in [-0.39, 0.29) is 11.5 Å². The van der Waals surface area contributed by atoms with Crippen molar-refractivity contribution in [2.45, 2.75) is 32.9 Å². The van der Waals surface area contributed by atoms with E-state index >= 15 is 0 Å². The van der Waals surface area contributed by atoms with Crippen LogP contribution < -0.4 is 19.6 Å². The van der Waals surface area contributed by atoms with Crippen molar-refractivity contribution in [2.24, 2.45) is 4.99 Å². The summed E-state index contributed by atoms with van der Waals surface area (Å²) in [6, 6.07) is 23.4. The molecule has 42 heavy (non-hydrogen) atoms. The maximum atomic E-state index is 13.7. The molecule has 0 saturated heterocycles. The number of aromatic nitrogens is 1. The molecule has 214 valence electrons. The van der Waals surface area contributed by atoms with Crippen LogP contribution in [0.15, 0.2) is 99.9 Å². The van der Waals surface area contributed by atoms with E-state index in [1.807, 2.05) is 79.7 Å². The third kappa shape index (κ3) is 5.96. The number of hydrogen-bond acceptors (Lipinski definition) is 8. The number of fused-ring (bicyclic) bond motifs is 1. The van der Waals surface area contributed by atoms with E-state index in [0.29, 0.717) is 51.6 Å². The van der Waals surface area contributed by atoms with Crippen molar-refractivity contribution in [3.05, 3.63) is 132 Å². The van der Waals surface area contributed by atoms with Gasteiger partial charge in [0.1, 0.15) is 12.4 Å². The fraction of sp³-hybridized carbons (Fsp3) is 0.212. The van der Waals surface area contributed by atoms with Gasteiger partial charge in [0.2, 0.25) is 0 Å². The van der Waals surface area contributed by atoms with Gasteiger partial charge in [-0.05, 0) is 60.4 Å². The minimum absolute atomic E-state index is 0.226. The molecule has 5 rings (SSSR count). The Morgan fingerprint density at radius 1 is 0.952 bits per heavy atom. The molecule has 3 aromatic carbocycles. The zero-order valence-electron chi connectivity index (χ0n) is 23.5. The van der Waals surface area contributed by atoms with Crippen LogP contribution in [-0.4, -0.2) is 30.2 Å². The molecule has 1 aromatic heterocycles. The summed E-state index contributed by atoms with van der Waals surface area (Å²) in [7, 11) is 1.34. The molecule has 4 aromatic rings. The summed E-state index contributed by atoms with van der Waals surface area (Å²) in [4.78, 5) is 43.7. The lowest BCUT2D eigenvalue weighted by Crippen LogP contribution is -2.40. The van der Waals surface area contributed by atoms with Crippen molar-refractivity contribution in [3.8, 4) is 5.75 Å². The molecule has 9 heteroatoms. The molecule has 0 aliphatic carbocycles. The zero-order valence-corrected chi connectivity index (χ0v) is 24.4. The Labute approximate surface area is 246 Å². The summed E-state index contributed by atoms with van der Waals surface area (Å²) in [5.74, 6) is -0.176. The van der Waals surface area contributed by atoms with E-state index in [9.17, 15) is 14.4 Å². The van der Waals surface area contributed by atoms with Crippen molar-refractivity contribution < 1.29 is 23.8 Å². The first-order valence-electron chi connectivity index (χ1n) is 13.6. The predicted octanol–water partition coefficient (Wildman–Crippen LogP) is 4.55. The fourth-order valence-corrected chi connectivity index (χ4v) is 5.76. The molecule has 2 heterocycles. The summed E-state index contributed by atoms with van der Waals surface area (Å²) in [6.07, 6.45) is 2.34. The molecule has 1 atom stereocenters. The molecule has 0 radical (unpaired) electrons. The third-order valence-corrected chi connectivity index (χ3v) is 7.80. The van der Waals surface area contributed by atoms with E-state index < -0.39 is 12.0 Å². The number of allylic oxidation sites excluding steroid dienone is 1. The molecule has 0 fully saturated rings. The second kappa shape index (κ2) is 12.8. The fourth-order valence-electron chi connectivity index (χ4n) is 4.74. The summed E-state index contributed by atoms with van der Waals surface area (Å²) < 4.78 is 18.1. The topological polar surface area (TPSA) is 96.2 Å². The standard InChI is InChI=1S/C33H30N2O6S/c1-4-26-28(32(38)39-3)29(23-9-7-6-8-10-23)35-30(36)27(42-33(35)34-26)19-21-13-17-25(18-14-21)41-20-22-11-15-24(16-12-22)31(37)40-5-2/h6-19,29H,4-5,20H2,1-3H3/b27-19+/t29-/m0/s1. The van der Waals surface area contributed by atoms with Crippen molar-refractivity contribution in [1.29, 1.82) is 0 Å². The van der Waals surface area contributed by atoms with Crippen molar-refractivity contribution in [1.82, 2.24) is 4.57 Å². The molecule has 0 bridgehead atoms. The molecule has 0 N–H and O–H groups in total. The highest BCUT2D eigenvalue weighted by molar-refractivity contribution is 7.07. The lowest BCUT2D eigenvalue weighted by molar-refractivity contribution is -0.136. The summed E-state index contributed by atoms with van der Waals surface area (Å²) in [5.41, 5.74) is 3.81. The number of methoxy groups -OCH3 is 1. The van der Waals surface area contributed by atoms with Crippen LogP contribution in [-0.2, 0) is 20.9 Å². The first-order chi connectivity index (χ1) is 20.4. The number of rotatable bonds is 9. The van der Waals surface area contributed by atoms with Gasteiger partial charge >= 0.3 is 11.9 Å². The van der Waals surface area contributed by atoms with Gasteiger partial charge in [-0.25, -0.2) is 14.6 Å². The molecule has 0 saturated carbocycles. The number of carbonyl (C=O) groups excluding carboxylic acids is 2. The van der Waals surface area contributed by atoms with Crippen molar-refractivity contribution in [3.63, 3.8) is 0 Å². The Hall–Kier alpha value is -4.76. The molecular weight excluding hydrogens is 552 g/mol. The second-order valence-corrected chi connectivity index (χ2v) is 10.5. The average Bonchev–Trinajstić information content (AvgIpc) is 3.34. The summed E-state index contributed by atoms with van der Waals surface area (Å²) in [5, 5.41) is 0. The largest absolute Gasteiger partial charge is 0.489 e. The number of carbonyl (C=O) groups is 2. The van der Waals surface area contributed by atoms with Crippen LogP contribution in [0, 0.1) is 0 Å². The van der Waals surface area contributed by atoms with Gasteiger partial charge in [0.25, 0.3) is 5.56 Å². The van der Waals surface area contributed by atoms with Gasteiger partial charge < -0.3 is 14.2 Å². The smallest absolute Gasteiger partial charge is 0.338 e. The summed E-state index contributed by atoms with van der Waals surface area (Å²) >= 11 is 1.29. The molecule has 0 spiro atoms. The Kier molecular flexibility index (Phi) is 8.78. The van der Waals surface area contributed by atoms with E-state index in [1.54, 1.807) is 23.6 Å². The highest BCUT2D eigenvalue weighted by Gasteiger charge is 2.33. The maximum Gasteiger partial charge on any atom is 0.338 e. The van der Waals surface area contributed by atoms with Crippen molar-refractivity contribution in [2.75, 3.05) is 13.7 Å². The molecule has 0 unspecified atom stereocenters.